The van der Waals surface area contributed by atoms with Gasteiger partial charge in [0.2, 0.25) is 5.91 Å². The second-order valence-electron chi connectivity index (χ2n) is 9.02. The van der Waals surface area contributed by atoms with Gasteiger partial charge in [-0.2, -0.15) is 0 Å². The van der Waals surface area contributed by atoms with E-state index in [9.17, 15) is 13.6 Å². The zero-order valence-electron chi connectivity index (χ0n) is 17.3. The number of piperidine rings is 1. The molecule has 1 aromatic heterocycles. The molecule has 1 aliphatic rings. The summed E-state index contributed by atoms with van der Waals surface area (Å²) in [4.78, 5) is 17.2. The third kappa shape index (κ3) is 4.56. The molecule has 2 atom stereocenters. The van der Waals surface area contributed by atoms with E-state index in [1.54, 1.807) is 18.2 Å². The molecule has 1 aliphatic heterocycles. The number of nitrogens with two attached hydrogens (primary N) is 1. The lowest BCUT2D eigenvalue weighted by Crippen LogP contribution is -2.57. The largest absolute Gasteiger partial charge is 0.345 e. The van der Waals surface area contributed by atoms with Gasteiger partial charge in [0.15, 0.2) is 0 Å². The molecule has 1 amide bonds. The van der Waals surface area contributed by atoms with Crippen LogP contribution in [0.1, 0.15) is 51.2 Å². The first-order valence-corrected chi connectivity index (χ1v) is 10.1. The summed E-state index contributed by atoms with van der Waals surface area (Å²) in [6.07, 6.45) is -0.0762. The van der Waals surface area contributed by atoms with E-state index in [0.717, 1.165) is 12.1 Å². The van der Waals surface area contributed by atoms with Crippen molar-refractivity contribution in [1.82, 2.24) is 15.6 Å². The van der Waals surface area contributed by atoms with Crippen LogP contribution >= 0.6 is 0 Å². The maximum atomic E-state index is 13.5. The number of nitrogens with zero attached hydrogens (tertiary/aromatic N) is 1. The summed E-state index contributed by atoms with van der Waals surface area (Å²) in [5, 5.41) is 7.29. The van der Waals surface area contributed by atoms with Crippen molar-refractivity contribution in [3.63, 3.8) is 0 Å². The first-order chi connectivity index (χ1) is 13.7. The minimum atomic E-state index is -2.61. The summed E-state index contributed by atoms with van der Waals surface area (Å²) in [5.41, 5.74) is 5.81. The van der Waals surface area contributed by atoms with E-state index < -0.39 is 12.0 Å². The predicted octanol–water partition coefficient (Wildman–Crippen LogP) is 3.49. The van der Waals surface area contributed by atoms with E-state index in [4.69, 9.17) is 5.73 Å². The number of carbonyl (C=O) groups excluding carboxylic acids is 1. The average molecular weight is 405 g/mol. The highest BCUT2D eigenvalue weighted by molar-refractivity contribution is 5.87. The lowest BCUT2D eigenvalue weighted by Gasteiger charge is -2.43. The number of aromatic nitrogens is 1. The Morgan fingerprint density at radius 2 is 2.17 bits per heavy atom. The Morgan fingerprint density at radius 3 is 2.83 bits per heavy atom. The lowest BCUT2D eigenvalue weighted by molar-refractivity contribution is -0.125. The van der Waals surface area contributed by atoms with Crippen LogP contribution in [0.25, 0.3) is 10.9 Å². The molecule has 0 bridgehead atoms. The zero-order chi connectivity index (χ0) is 21.2. The molecule has 0 spiro atoms. The maximum Gasteiger partial charge on any atom is 0.265 e. The van der Waals surface area contributed by atoms with E-state index in [0.29, 0.717) is 37.2 Å². The van der Waals surface area contributed by atoms with Gasteiger partial charge >= 0.3 is 0 Å². The van der Waals surface area contributed by atoms with E-state index in [1.807, 2.05) is 13.8 Å². The Hall–Kier alpha value is -2.12. The van der Waals surface area contributed by atoms with Crippen LogP contribution in [0.15, 0.2) is 30.5 Å². The van der Waals surface area contributed by atoms with Crippen molar-refractivity contribution < 1.29 is 13.6 Å². The number of hydrogen-bond donors (Lipinski definition) is 3. The zero-order valence-corrected chi connectivity index (χ0v) is 17.3. The number of benzene rings is 1. The molecule has 158 valence electrons. The molecular weight excluding hydrogens is 374 g/mol. The highest BCUT2D eigenvalue weighted by Gasteiger charge is 2.40. The molecule has 7 heteroatoms. The molecule has 1 aromatic carbocycles. The average Bonchev–Trinajstić information content (AvgIpc) is 2.66. The number of carbonyl (C=O) groups is 1. The molecule has 0 saturated carbocycles. The van der Waals surface area contributed by atoms with Crippen molar-refractivity contribution in [2.45, 2.75) is 45.6 Å². The molecule has 3 rings (SSSR count). The van der Waals surface area contributed by atoms with Crippen LogP contribution in [0, 0.1) is 11.3 Å². The topological polar surface area (TPSA) is 80.0 Å². The van der Waals surface area contributed by atoms with Crippen LogP contribution in [0.3, 0.4) is 0 Å². The number of amides is 1. The summed E-state index contributed by atoms with van der Waals surface area (Å²) in [7, 11) is 0. The molecule has 0 aliphatic carbocycles. The van der Waals surface area contributed by atoms with Gasteiger partial charge in [-0.3, -0.25) is 9.78 Å². The third-order valence-corrected chi connectivity index (χ3v) is 5.74. The summed E-state index contributed by atoms with van der Waals surface area (Å²) < 4.78 is 27.1. The highest BCUT2D eigenvalue weighted by Crippen LogP contribution is 2.38. The molecule has 5 nitrogen and oxygen atoms in total. The van der Waals surface area contributed by atoms with Gasteiger partial charge in [-0.15, -0.1) is 0 Å². The number of pyridine rings is 1. The molecule has 29 heavy (non-hydrogen) atoms. The minimum absolute atomic E-state index is 0.0908. The van der Waals surface area contributed by atoms with Gasteiger partial charge in [0, 0.05) is 30.1 Å². The quantitative estimate of drug-likeness (QED) is 0.689. The van der Waals surface area contributed by atoms with Crippen molar-refractivity contribution in [3.8, 4) is 0 Å². The summed E-state index contributed by atoms with van der Waals surface area (Å²) >= 11 is 0. The maximum absolute atomic E-state index is 13.5. The van der Waals surface area contributed by atoms with Gasteiger partial charge in [0.05, 0.1) is 11.1 Å². The van der Waals surface area contributed by atoms with Gasteiger partial charge in [0.25, 0.3) is 6.43 Å². The number of hydrogen-bond acceptors (Lipinski definition) is 4. The first kappa shape index (κ1) is 21.6. The number of nitrogens with one attached hydrogen (secondary N) is 2. The predicted molar refractivity (Wildman–Crippen MR) is 111 cm³/mol. The van der Waals surface area contributed by atoms with Gasteiger partial charge < -0.3 is 16.4 Å². The second-order valence-corrected chi connectivity index (χ2v) is 9.02. The lowest BCUT2D eigenvalue weighted by atomic mass is 9.76. The smallest absolute Gasteiger partial charge is 0.265 e. The van der Waals surface area contributed by atoms with Gasteiger partial charge in [-0.1, -0.05) is 39.0 Å². The van der Waals surface area contributed by atoms with Crippen LogP contribution in [-0.2, 0) is 10.3 Å². The van der Waals surface area contributed by atoms with Gasteiger partial charge in [-0.25, -0.2) is 8.78 Å². The normalized spacial score (nSPS) is 22.8. The Morgan fingerprint density at radius 1 is 1.41 bits per heavy atom. The summed E-state index contributed by atoms with van der Waals surface area (Å²) in [6.45, 7) is 7.81. The number of fused-ring (bicyclic) bond motifs is 1. The van der Waals surface area contributed by atoms with Crippen molar-refractivity contribution in [1.29, 1.82) is 0 Å². The van der Waals surface area contributed by atoms with Crippen LogP contribution in [0.4, 0.5) is 8.78 Å². The summed E-state index contributed by atoms with van der Waals surface area (Å²) in [5.74, 6) is 0.222. The molecule has 2 aromatic rings. The van der Waals surface area contributed by atoms with E-state index in [1.165, 1.54) is 12.3 Å². The molecule has 0 unspecified atom stereocenters. The summed E-state index contributed by atoms with van der Waals surface area (Å²) in [6, 6.07) is 6.71. The number of alkyl halides is 2. The van der Waals surface area contributed by atoms with E-state index in [2.05, 4.69) is 22.5 Å². The van der Waals surface area contributed by atoms with Crippen molar-refractivity contribution in [3.05, 3.63) is 41.6 Å². The second kappa shape index (κ2) is 8.32. The first-order valence-electron chi connectivity index (χ1n) is 10.1. The van der Waals surface area contributed by atoms with Gasteiger partial charge in [0.1, 0.15) is 0 Å². The SMILES string of the molecule is C[C@@H]1CNC[C@](NC(=O)CC(C)(C)CN)(c2ccc(C(F)F)c3ncccc23)C1. The Labute approximate surface area is 170 Å². The number of rotatable bonds is 6. The van der Waals surface area contributed by atoms with E-state index >= 15 is 0 Å². The third-order valence-electron chi connectivity index (χ3n) is 5.74. The Balaban J connectivity index is 2.09. The van der Waals surface area contributed by atoms with Crippen molar-refractivity contribution >= 4 is 16.8 Å². The molecule has 1 fully saturated rings. The highest BCUT2D eigenvalue weighted by atomic mass is 19.3. The van der Waals surface area contributed by atoms with Crippen LogP contribution in [0.2, 0.25) is 0 Å². The molecule has 0 radical (unpaired) electrons. The van der Waals surface area contributed by atoms with Crippen molar-refractivity contribution in [2.24, 2.45) is 17.1 Å². The Kier molecular flexibility index (Phi) is 6.19. The minimum Gasteiger partial charge on any atom is -0.345 e. The fourth-order valence-electron chi connectivity index (χ4n) is 4.24. The standard InChI is InChI=1S/C22H30F2N4O/c1-14-9-22(13-26-11-14,28-18(29)10-21(2,3)12-25)17-7-6-16(20(23)24)19-15(17)5-4-8-27-19/h4-8,14,20,26H,9-13,25H2,1-3H3,(H,28,29)/t14-,22-/m0/s1. The van der Waals surface area contributed by atoms with Crippen LogP contribution in [0.5, 0.6) is 0 Å². The fraction of sp³-hybridized carbons (Fsp3) is 0.545. The number of halogens is 2. The molecule has 1 saturated heterocycles. The van der Waals surface area contributed by atoms with Crippen LogP contribution < -0.4 is 16.4 Å². The molecular formula is C22H30F2N4O. The molecule has 4 N–H and O–H groups in total. The molecule has 2 heterocycles. The van der Waals surface area contributed by atoms with Crippen molar-refractivity contribution in [2.75, 3.05) is 19.6 Å². The van der Waals surface area contributed by atoms with E-state index in [-0.39, 0.29) is 22.4 Å². The van der Waals surface area contributed by atoms with Gasteiger partial charge in [-0.05, 0) is 42.5 Å². The fourth-order valence-corrected chi connectivity index (χ4v) is 4.24. The monoisotopic (exact) mass is 404 g/mol. The Bertz CT molecular complexity index is 886. The van der Waals surface area contributed by atoms with Crippen LogP contribution in [-0.4, -0.2) is 30.5 Å².